The first kappa shape index (κ1) is 25.4. The topological polar surface area (TPSA) is 82.6 Å². The molecule has 1 aromatic heterocycles. The molecular formula is C23H29ClN4O3S2. The predicted molar refractivity (Wildman–Crippen MR) is 137 cm³/mol. The molecule has 0 unspecified atom stereocenters. The molecule has 1 aliphatic heterocycles. The maximum Gasteiger partial charge on any atom is 0.251 e. The second kappa shape index (κ2) is 10.8. The normalized spacial score (nSPS) is 14.8. The maximum absolute atomic E-state index is 12.5. The fraction of sp³-hybridized carbons (Fsp3) is 0.391. The number of amides is 1. The van der Waals surface area contributed by atoms with Crippen molar-refractivity contribution >= 4 is 54.8 Å². The molecule has 2 aromatic carbocycles. The van der Waals surface area contributed by atoms with E-state index in [2.05, 4.69) is 40.2 Å². The van der Waals surface area contributed by atoms with Crippen LogP contribution in [0.5, 0.6) is 0 Å². The molecule has 4 rings (SSSR count). The summed E-state index contributed by atoms with van der Waals surface area (Å²) in [5.74, 6) is -0.234. The number of hydrogen-bond acceptors (Lipinski definition) is 7. The van der Waals surface area contributed by atoms with Gasteiger partial charge in [0.1, 0.15) is 0 Å². The van der Waals surface area contributed by atoms with Gasteiger partial charge in [-0.2, -0.15) is 0 Å². The average Bonchev–Trinajstić information content (AvgIpc) is 3.22. The minimum Gasteiger partial charge on any atom is -0.351 e. The van der Waals surface area contributed by atoms with Crippen LogP contribution >= 0.6 is 23.7 Å². The van der Waals surface area contributed by atoms with E-state index in [4.69, 9.17) is 4.98 Å². The van der Waals surface area contributed by atoms with Gasteiger partial charge in [-0.3, -0.25) is 9.69 Å². The van der Waals surface area contributed by atoms with Crippen LogP contribution in [0.25, 0.3) is 10.2 Å². The molecule has 1 amide bonds. The summed E-state index contributed by atoms with van der Waals surface area (Å²) in [6, 6.07) is 12.6. The summed E-state index contributed by atoms with van der Waals surface area (Å²) >= 11 is 1.74. The first-order chi connectivity index (χ1) is 15.4. The summed E-state index contributed by atoms with van der Waals surface area (Å²) in [5.41, 5.74) is 2.67. The van der Waals surface area contributed by atoms with E-state index < -0.39 is 9.84 Å². The van der Waals surface area contributed by atoms with Gasteiger partial charge in [0, 0.05) is 44.8 Å². The molecule has 1 saturated heterocycles. The quantitative estimate of drug-likeness (QED) is 0.527. The lowest BCUT2D eigenvalue weighted by molar-refractivity contribution is 0.0947. The van der Waals surface area contributed by atoms with Gasteiger partial charge in [0.2, 0.25) is 0 Å². The molecule has 3 aromatic rings. The molecule has 178 valence electrons. The summed E-state index contributed by atoms with van der Waals surface area (Å²) in [4.78, 5) is 22.1. The Kier molecular flexibility index (Phi) is 8.33. The van der Waals surface area contributed by atoms with Crippen LogP contribution in [0.2, 0.25) is 0 Å². The number of aryl methyl sites for hydroxylation is 1. The number of aromatic nitrogens is 1. The number of rotatable bonds is 7. The van der Waals surface area contributed by atoms with Gasteiger partial charge in [-0.05, 0) is 42.8 Å². The highest BCUT2D eigenvalue weighted by Crippen LogP contribution is 2.30. The van der Waals surface area contributed by atoms with Crippen molar-refractivity contribution in [3.8, 4) is 0 Å². The molecule has 10 heteroatoms. The minimum atomic E-state index is -3.33. The largest absolute Gasteiger partial charge is 0.351 e. The van der Waals surface area contributed by atoms with Gasteiger partial charge in [-0.1, -0.05) is 30.4 Å². The van der Waals surface area contributed by atoms with Crippen LogP contribution in [-0.2, 0) is 9.84 Å². The first-order valence-electron chi connectivity index (χ1n) is 10.8. The van der Waals surface area contributed by atoms with Crippen LogP contribution in [0.3, 0.4) is 0 Å². The molecule has 0 radical (unpaired) electrons. The number of nitrogens with one attached hydrogen (secondary N) is 1. The third-order valence-electron chi connectivity index (χ3n) is 5.72. The van der Waals surface area contributed by atoms with E-state index >= 15 is 0 Å². The Bertz CT molecular complexity index is 1220. The third-order valence-corrected chi connectivity index (χ3v) is 8.54. The smallest absolute Gasteiger partial charge is 0.251 e. The lowest BCUT2D eigenvalue weighted by atomic mass is 10.2. The van der Waals surface area contributed by atoms with Crippen molar-refractivity contribution in [1.29, 1.82) is 0 Å². The Morgan fingerprint density at radius 3 is 2.61 bits per heavy atom. The molecule has 0 spiro atoms. The molecule has 0 atom stereocenters. The van der Waals surface area contributed by atoms with Crippen molar-refractivity contribution in [3.63, 3.8) is 0 Å². The third kappa shape index (κ3) is 6.03. The molecular weight excluding hydrogens is 480 g/mol. The zero-order chi connectivity index (χ0) is 22.7. The Morgan fingerprint density at radius 2 is 1.88 bits per heavy atom. The van der Waals surface area contributed by atoms with Crippen molar-refractivity contribution in [1.82, 2.24) is 15.2 Å². The summed E-state index contributed by atoms with van der Waals surface area (Å²) in [6.07, 6.45) is 0. The number of anilines is 1. The number of halogens is 1. The minimum absolute atomic E-state index is 0. The van der Waals surface area contributed by atoms with Gasteiger partial charge < -0.3 is 10.2 Å². The summed E-state index contributed by atoms with van der Waals surface area (Å²) < 4.78 is 25.3. The molecule has 33 heavy (non-hydrogen) atoms. The average molecular weight is 509 g/mol. The van der Waals surface area contributed by atoms with Crippen LogP contribution < -0.4 is 10.2 Å². The Morgan fingerprint density at radius 1 is 1.12 bits per heavy atom. The molecule has 1 aliphatic rings. The number of carbonyl (C=O) groups is 1. The van der Waals surface area contributed by atoms with Crippen LogP contribution in [0.4, 0.5) is 5.13 Å². The van der Waals surface area contributed by atoms with E-state index in [9.17, 15) is 13.2 Å². The molecule has 7 nitrogen and oxygen atoms in total. The van der Waals surface area contributed by atoms with E-state index in [1.807, 2.05) is 0 Å². The highest BCUT2D eigenvalue weighted by atomic mass is 35.5. The molecule has 2 heterocycles. The van der Waals surface area contributed by atoms with Gasteiger partial charge in [0.15, 0.2) is 15.0 Å². The number of sulfone groups is 1. The van der Waals surface area contributed by atoms with E-state index in [0.29, 0.717) is 12.1 Å². The highest BCUT2D eigenvalue weighted by Gasteiger charge is 2.20. The van der Waals surface area contributed by atoms with E-state index in [1.54, 1.807) is 30.4 Å². The van der Waals surface area contributed by atoms with Crippen molar-refractivity contribution < 1.29 is 13.2 Å². The fourth-order valence-corrected chi connectivity index (χ4v) is 5.79. The zero-order valence-corrected chi connectivity index (χ0v) is 21.2. The number of benzene rings is 2. The molecule has 1 N–H and O–H groups in total. The number of carbonyl (C=O) groups excluding carboxylic acids is 1. The predicted octanol–water partition coefficient (Wildman–Crippen LogP) is 3.37. The standard InChI is InChI=1S/C23H28N4O3S2.ClH/c1-3-32(29,30)19-6-4-5-18(16-19)22(28)24-9-10-26-11-13-27(14-12-26)23-25-20-8-7-17(2)15-21(20)31-23;/h4-8,15-16H,3,9-14H2,1-2H3,(H,24,28);1H. The Balaban J connectivity index is 0.00000306. The number of nitrogens with zero attached hydrogens (tertiary/aromatic N) is 3. The summed E-state index contributed by atoms with van der Waals surface area (Å²) in [7, 11) is -3.33. The highest BCUT2D eigenvalue weighted by molar-refractivity contribution is 7.91. The number of thiazole rings is 1. The Hall–Kier alpha value is -2.20. The number of hydrogen-bond donors (Lipinski definition) is 1. The molecule has 0 bridgehead atoms. The van der Waals surface area contributed by atoms with Gasteiger partial charge in [-0.25, -0.2) is 13.4 Å². The SMILES string of the molecule is CCS(=O)(=O)c1cccc(C(=O)NCCN2CCN(c3nc4ccc(C)cc4s3)CC2)c1.Cl. The van der Waals surface area contributed by atoms with E-state index in [1.165, 1.54) is 22.4 Å². The second-order valence-corrected chi connectivity index (χ2v) is 11.3. The van der Waals surface area contributed by atoms with E-state index in [-0.39, 0.29) is 29.0 Å². The second-order valence-electron chi connectivity index (χ2n) is 7.98. The van der Waals surface area contributed by atoms with Gasteiger partial charge >= 0.3 is 0 Å². The maximum atomic E-state index is 12.5. The lowest BCUT2D eigenvalue weighted by Crippen LogP contribution is -2.48. The summed E-state index contributed by atoms with van der Waals surface area (Å²) in [6.45, 7) is 8.60. The van der Waals surface area contributed by atoms with Crippen molar-refractivity contribution in [2.45, 2.75) is 18.7 Å². The molecule has 1 fully saturated rings. The first-order valence-corrected chi connectivity index (χ1v) is 13.3. The van der Waals surface area contributed by atoms with Crippen LogP contribution in [0.15, 0.2) is 47.4 Å². The lowest BCUT2D eigenvalue weighted by Gasteiger charge is -2.34. The van der Waals surface area contributed by atoms with Gasteiger partial charge in [0.25, 0.3) is 5.91 Å². The van der Waals surface area contributed by atoms with Crippen LogP contribution in [0.1, 0.15) is 22.8 Å². The number of fused-ring (bicyclic) bond motifs is 1. The van der Waals surface area contributed by atoms with Crippen molar-refractivity contribution in [2.75, 3.05) is 49.9 Å². The van der Waals surface area contributed by atoms with Crippen molar-refractivity contribution in [3.05, 3.63) is 53.6 Å². The Labute approximate surface area is 205 Å². The van der Waals surface area contributed by atoms with Gasteiger partial charge in [0.05, 0.1) is 20.9 Å². The van der Waals surface area contributed by atoms with Gasteiger partial charge in [-0.15, -0.1) is 12.4 Å². The summed E-state index contributed by atoms with van der Waals surface area (Å²) in [5, 5.41) is 3.98. The van der Waals surface area contributed by atoms with E-state index in [0.717, 1.165) is 43.4 Å². The fourth-order valence-electron chi connectivity index (χ4n) is 3.74. The number of piperazine rings is 1. The monoisotopic (exact) mass is 508 g/mol. The van der Waals surface area contributed by atoms with Crippen LogP contribution in [0, 0.1) is 6.92 Å². The van der Waals surface area contributed by atoms with Crippen LogP contribution in [-0.4, -0.2) is 69.2 Å². The molecule has 0 saturated carbocycles. The zero-order valence-electron chi connectivity index (χ0n) is 18.8. The van der Waals surface area contributed by atoms with Crippen molar-refractivity contribution in [2.24, 2.45) is 0 Å². The molecule has 0 aliphatic carbocycles.